The number of hydrogen-bond donors (Lipinski definition) is 1. The maximum Gasteiger partial charge on any atom is 0.317 e. The van der Waals surface area contributed by atoms with Crippen LogP contribution in [0.15, 0.2) is 18.2 Å². The number of methoxy groups -OCH3 is 1. The van der Waals surface area contributed by atoms with Gasteiger partial charge < -0.3 is 19.7 Å². The number of aryl methyl sites for hydroxylation is 1. The van der Waals surface area contributed by atoms with E-state index >= 15 is 0 Å². The first-order valence-electron chi connectivity index (χ1n) is 9.65. The zero-order valence-corrected chi connectivity index (χ0v) is 16.0. The van der Waals surface area contributed by atoms with Gasteiger partial charge in [0.25, 0.3) is 0 Å². The zero-order valence-electron chi connectivity index (χ0n) is 16.0. The molecule has 2 aliphatic rings. The summed E-state index contributed by atoms with van der Waals surface area (Å²) in [5.41, 5.74) is 2.34. The minimum absolute atomic E-state index is 0.0624. The molecule has 2 saturated heterocycles. The molecular weight excluding hydrogens is 330 g/mol. The standard InChI is InChI=1S/C20H31N3O3/c1-16-5-6-19(25-2)17(14-16)7-8-21-20(24)23-9-3-4-18(23)15-22-10-12-26-13-11-22/h5-6,14,18H,3-4,7-13,15H2,1-2H3,(H,21,24)/t18-/m0/s1. The van der Waals surface area contributed by atoms with Crippen molar-refractivity contribution in [2.45, 2.75) is 32.2 Å². The highest BCUT2D eigenvalue weighted by Gasteiger charge is 2.30. The van der Waals surface area contributed by atoms with Gasteiger partial charge >= 0.3 is 6.03 Å². The number of nitrogens with zero attached hydrogens (tertiary/aromatic N) is 2. The van der Waals surface area contributed by atoms with Crippen molar-refractivity contribution < 1.29 is 14.3 Å². The van der Waals surface area contributed by atoms with Crippen molar-refractivity contribution in [1.29, 1.82) is 0 Å². The number of carbonyl (C=O) groups excluding carboxylic acids is 1. The van der Waals surface area contributed by atoms with Crippen LogP contribution in [0.2, 0.25) is 0 Å². The van der Waals surface area contributed by atoms with E-state index in [-0.39, 0.29) is 6.03 Å². The Labute approximate surface area is 156 Å². The Balaban J connectivity index is 1.48. The molecule has 1 aromatic rings. The molecule has 2 aliphatic heterocycles. The molecule has 6 nitrogen and oxygen atoms in total. The van der Waals surface area contributed by atoms with Gasteiger partial charge in [-0.3, -0.25) is 4.90 Å². The summed E-state index contributed by atoms with van der Waals surface area (Å²) >= 11 is 0. The maximum atomic E-state index is 12.6. The van der Waals surface area contributed by atoms with E-state index in [9.17, 15) is 4.79 Å². The van der Waals surface area contributed by atoms with Gasteiger partial charge in [0.05, 0.1) is 20.3 Å². The number of morpholine rings is 1. The molecule has 0 aliphatic carbocycles. The van der Waals surface area contributed by atoms with Crippen molar-refractivity contribution in [3.8, 4) is 5.75 Å². The van der Waals surface area contributed by atoms with E-state index in [4.69, 9.17) is 9.47 Å². The zero-order chi connectivity index (χ0) is 18.4. The molecule has 0 bridgehead atoms. The van der Waals surface area contributed by atoms with Crippen LogP contribution >= 0.6 is 0 Å². The molecule has 0 radical (unpaired) electrons. The Morgan fingerprint density at radius 2 is 2.12 bits per heavy atom. The molecule has 1 atom stereocenters. The number of benzene rings is 1. The topological polar surface area (TPSA) is 54.0 Å². The minimum atomic E-state index is 0.0624. The third-order valence-corrected chi connectivity index (χ3v) is 5.32. The van der Waals surface area contributed by atoms with Crippen LogP contribution in [0.4, 0.5) is 4.79 Å². The molecule has 144 valence electrons. The van der Waals surface area contributed by atoms with Gasteiger partial charge in [0.15, 0.2) is 0 Å². The van der Waals surface area contributed by atoms with Crippen molar-refractivity contribution in [3.05, 3.63) is 29.3 Å². The highest BCUT2D eigenvalue weighted by molar-refractivity contribution is 5.74. The van der Waals surface area contributed by atoms with Crippen LogP contribution in [0, 0.1) is 6.92 Å². The van der Waals surface area contributed by atoms with Crippen molar-refractivity contribution in [2.24, 2.45) is 0 Å². The predicted octanol–water partition coefficient (Wildman–Crippen LogP) is 2.05. The van der Waals surface area contributed by atoms with E-state index in [1.807, 2.05) is 17.0 Å². The number of carbonyl (C=O) groups is 1. The van der Waals surface area contributed by atoms with Gasteiger partial charge in [0.2, 0.25) is 0 Å². The molecule has 1 aromatic carbocycles. The molecule has 2 heterocycles. The molecule has 0 spiro atoms. The molecule has 1 N–H and O–H groups in total. The van der Waals surface area contributed by atoms with Crippen LogP contribution in [0.5, 0.6) is 5.75 Å². The van der Waals surface area contributed by atoms with Crippen LogP contribution in [0.25, 0.3) is 0 Å². The monoisotopic (exact) mass is 361 g/mol. The Bertz CT molecular complexity index is 602. The van der Waals surface area contributed by atoms with Crippen molar-refractivity contribution in [1.82, 2.24) is 15.1 Å². The molecule has 26 heavy (non-hydrogen) atoms. The Morgan fingerprint density at radius 1 is 1.31 bits per heavy atom. The predicted molar refractivity (Wildman–Crippen MR) is 102 cm³/mol. The van der Waals surface area contributed by atoms with Crippen LogP contribution < -0.4 is 10.1 Å². The van der Waals surface area contributed by atoms with E-state index in [0.717, 1.165) is 70.0 Å². The number of amides is 2. The van der Waals surface area contributed by atoms with Crippen LogP contribution in [0.3, 0.4) is 0 Å². The lowest BCUT2D eigenvalue weighted by atomic mass is 10.1. The minimum Gasteiger partial charge on any atom is -0.496 e. The maximum absolute atomic E-state index is 12.6. The SMILES string of the molecule is COc1ccc(C)cc1CCNC(=O)N1CCC[C@H]1CN1CCOCC1. The number of hydrogen-bond acceptors (Lipinski definition) is 4. The molecule has 0 aromatic heterocycles. The van der Waals surface area contributed by atoms with E-state index in [2.05, 4.69) is 23.2 Å². The first kappa shape index (κ1) is 19.0. The smallest absolute Gasteiger partial charge is 0.317 e. The summed E-state index contributed by atoms with van der Waals surface area (Å²) in [7, 11) is 1.69. The molecule has 0 unspecified atom stereocenters. The Hall–Kier alpha value is -1.79. The molecule has 0 saturated carbocycles. The van der Waals surface area contributed by atoms with E-state index < -0.39 is 0 Å². The second kappa shape index (κ2) is 9.24. The van der Waals surface area contributed by atoms with E-state index in [1.54, 1.807) is 7.11 Å². The normalized spacial score (nSPS) is 21.0. The number of rotatable bonds is 6. The number of nitrogens with one attached hydrogen (secondary N) is 1. The Kier molecular flexibility index (Phi) is 6.74. The lowest BCUT2D eigenvalue weighted by Crippen LogP contribution is -2.49. The third kappa shape index (κ3) is 4.89. The summed E-state index contributed by atoms with van der Waals surface area (Å²) in [6.45, 7) is 8.06. The quantitative estimate of drug-likeness (QED) is 0.843. The van der Waals surface area contributed by atoms with E-state index in [0.29, 0.717) is 12.6 Å². The van der Waals surface area contributed by atoms with E-state index in [1.165, 1.54) is 5.56 Å². The fraction of sp³-hybridized carbons (Fsp3) is 0.650. The second-order valence-electron chi connectivity index (χ2n) is 7.20. The highest BCUT2D eigenvalue weighted by atomic mass is 16.5. The molecule has 2 amide bonds. The largest absolute Gasteiger partial charge is 0.496 e. The molecular formula is C20H31N3O3. The van der Waals surface area contributed by atoms with Gasteiger partial charge in [-0.25, -0.2) is 4.79 Å². The van der Waals surface area contributed by atoms with Crippen LogP contribution in [0.1, 0.15) is 24.0 Å². The fourth-order valence-electron chi connectivity index (χ4n) is 3.88. The summed E-state index contributed by atoms with van der Waals surface area (Å²) in [4.78, 5) is 17.1. The summed E-state index contributed by atoms with van der Waals surface area (Å²) in [6.07, 6.45) is 2.96. The molecule has 3 rings (SSSR count). The first-order valence-corrected chi connectivity index (χ1v) is 9.65. The molecule has 6 heteroatoms. The summed E-state index contributed by atoms with van der Waals surface area (Å²) < 4.78 is 10.8. The number of urea groups is 1. The first-order chi connectivity index (χ1) is 12.7. The van der Waals surface area contributed by atoms with Gasteiger partial charge in [-0.2, -0.15) is 0 Å². The van der Waals surface area contributed by atoms with Gasteiger partial charge in [-0.05, 0) is 37.8 Å². The van der Waals surface area contributed by atoms with Gasteiger partial charge in [-0.15, -0.1) is 0 Å². The summed E-state index contributed by atoms with van der Waals surface area (Å²) in [5.74, 6) is 0.885. The summed E-state index contributed by atoms with van der Waals surface area (Å²) in [6, 6.07) is 6.54. The van der Waals surface area contributed by atoms with Gasteiger partial charge in [0, 0.05) is 38.8 Å². The lowest BCUT2D eigenvalue weighted by molar-refractivity contribution is 0.0292. The van der Waals surface area contributed by atoms with Crippen LogP contribution in [-0.4, -0.2) is 74.9 Å². The van der Waals surface area contributed by atoms with Crippen LogP contribution in [-0.2, 0) is 11.2 Å². The fourth-order valence-corrected chi connectivity index (χ4v) is 3.88. The summed E-state index contributed by atoms with van der Waals surface area (Å²) in [5, 5.41) is 3.10. The average Bonchev–Trinajstić information content (AvgIpc) is 3.11. The number of ether oxygens (including phenoxy) is 2. The van der Waals surface area contributed by atoms with Crippen molar-refractivity contribution >= 4 is 6.03 Å². The third-order valence-electron chi connectivity index (χ3n) is 5.32. The highest BCUT2D eigenvalue weighted by Crippen LogP contribution is 2.21. The number of likely N-dealkylation sites (tertiary alicyclic amines) is 1. The average molecular weight is 361 g/mol. The van der Waals surface area contributed by atoms with Crippen molar-refractivity contribution in [3.63, 3.8) is 0 Å². The molecule has 2 fully saturated rings. The lowest BCUT2D eigenvalue weighted by Gasteiger charge is -2.33. The van der Waals surface area contributed by atoms with Gasteiger partial charge in [-0.1, -0.05) is 17.7 Å². The van der Waals surface area contributed by atoms with Crippen molar-refractivity contribution in [2.75, 3.05) is 53.0 Å². The second-order valence-corrected chi connectivity index (χ2v) is 7.20. The van der Waals surface area contributed by atoms with Gasteiger partial charge in [0.1, 0.15) is 5.75 Å². The Morgan fingerprint density at radius 3 is 2.88 bits per heavy atom.